The molecule has 0 aliphatic carbocycles. The van der Waals surface area contributed by atoms with Crippen LogP contribution in [-0.4, -0.2) is 35.8 Å². The number of ether oxygens (including phenoxy) is 1. The topological polar surface area (TPSA) is 81.4 Å². The van der Waals surface area contributed by atoms with Crippen LogP contribution in [0.1, 0.15) is 16.8 Å². The summed E-state index contributed by atoms with van der Waals surface area (Å²) in [5.41, 5.74) is 6.66. The third-order valence-electron chi connectivity index (χ3n) is 2.39. The summed E-state index contributed by atoms with van der Waals surface area (Å²) in [6.45, 7) is 0.505. The van der Waals surface area contributed by atoms with Crippen molar-refractivity contribution in [1.82, 2.24) is 5.32 Å². The highest BCUT2D eigenvalue weighted by molar-refractivity contribution is 7.84. The molecule has 0 fully saturated rings. The molecular weight excluding hydrogens is 252 g/mol. The van der Waals surface area contributed by atoms with Gasteiger partial charge in [-0.15, -0.1) is 0 Å². The lowest BCUT2D eigenvalue weighted by Gasteiger charge is -2.08. The number of benzene rings is 1. The van der Waals surface area contributed by atoms with Crippen molar-refractivity contribution < 1.29 is 13.7 Å². The molecule has 0 saturated heterocycles. The first-order valence-corrected chi connectivity index (χ1v) is 7.29. The largest absolute Gasteiger partial charge is 0.495 e. The summed E-state index contributed by atoms with van der Waals surface area (Å²) in [6.07, 6.45) is 2.34. The first-order chi connectivity index (χ1) is 8.54. The molecule has 0 saturated carbocycles. The predicted molar refractivity (Wildman–Crippen MR) is 73.3 cm³/mol. The average molecular weight is 270 g/mol. The number of hydrogen-bond donors (Lipinski definition) is 2. The molecule has 3 N–H and O–H groups in total. The smallest absolute Gasteiger partial charge is 0.251 e. The van der Waals surface area contributed by atoms with Gasteiger partial charge in [0, 0.05) is 34.9 Å². The Morgan fingerprint density at radius 2 is 2.22 bits per heavy atom. The summed E-state index contributed by atoms with van der Waals surface area (Å²) in [7, 11) is 0.683. The van der Waals surface area contributed by atoms with Gasteiger partial charge in [0.25, 0.3) is 5.91 Å². The van der Waals surface area contributed by atoms with Crippen LogP contribution in [0, 0.1) is 0 Å². The van der Waals surface area contributed by atoms with Gasteiger partial charge in [-0.1, -0.05) is 0 Å². The molecule has 0 aromatic heterocycles. The van der Waals surface area contributed by atoms with E-state index in [0.29, 0.717) is 35.7 Å². The number of carbonyl (C=O) groups excluding carboxylic acids is 1. The van der Waals surface area contributed by atoms with Crippen molar-refractivity contribution in [2.45, 2.75) is 6.42 Å². The molecule has 1 aromatic carbocycles. The molecule has 1 unspecified atom stereocenters. The van der Waals surface area contributed by atoms with Crippen LogP contribution >= 0.6 is 0 Å². The molecule has 1 rings (SSSR count). The zero-order valence-corrected chi connectivity index (χ0v) is 11.4. The fourth-order valence-corrected chi connectivity index (χ4v) is 1.98. The number of methoxy groups -OCH3 is 1. The van der Waals surface area contributed by atoms with Gasteiger partial charge in [0.15, 0.2) is 0 Å². The third kappa shape index (κ3) is 4.37. The molecule has 1 amide bonds. The van der Waals surface area contributed by atoms with E-state index in [4.69, 9.17) is 10.5 Å². The second kappa shape index (κ2) is 7.00. The van der Waals surface area contributed by atoms with Crippen LogP contribution < -0.4 is 15.8 Å². The van der Waals surface area contributed by atoms with Gasteiger partial charge >= 0.3 is 0 Å². The van der Waals surface area contributed by atoms with Crippen LogP contribution in [-0.2, 0) is 10.8 Å². The van der Waals surface area contributed by atoms with E-state index in [1.54, 1.807) is 24.5 Å². The molecule has 0 bridgehead atoms. The van der Waals surface area contributed by atoms with E-state index < -0.39 is 10.8 Å². The first-order valence-electron chi connectivity index (χ1n) is 5.56. The molecule has 0 aliphatic rings. The SMILES string of the molecule is COc1cc(C(=O)NCCCS(C)=O)ccc1N. The summed E-state index contributed by atoms with van der Waals surface area (Å²) in [4.78, 5) is 11.8. The summed E-state index contributed by atoms with van der Waals surface area (Å²) in [5.74, 6) is 0.887. The molecular formula is C12H18N2O3S. The van der Waals surface area contributed by atoms with E-state index >= 15 is 0 Å². The highest BCUT2D eigenvalue weighted by atomic mass is 32.2. The summed E-state index contributed by atoms with van der Waals surface area (Å²) in [5, 5.41) is 2.76. The number of rotatable bonds is 6. The molecule has 0 spiro atoms. The van der Waals surface area contributed by atoms with E-state index in [1.807, 2.05) is 0 Å². The van der Waals surface area contributed by atoms with Gasteiger partial charge in [0.05, 0.1) is 12.8 Å². The van der Waals surface area contributed by atoms with E-state index in [1.165, 1.54) is 7.11 Å². The zero-order chi connectivity index (χ0) is 13.5. The minimum absolute atomic E-state index is 0.185. The van der Waals surface area contributed by atoms with Crippen LogP contribution in [0.25, 0.3) is 0 Å². The Balaban J connectivity index is 2.53. The molecule has 1 aromatic rings. The molecule has 18 heavy (non-hydrogen) atoms. The van der Waals surface area contributed by atoms with Crippen LogP contribution in [0.5, 0.6) is 5.75 Å². The Hall–Kier alpha value is -1.56. The molecule has 0 aliphatic heterocycles. The second-order valence-corrected chi connectivity index (χ2v) is 5.40. The van der Waals surface area contributed by atoms with E-state index in [0.717, 1.165) is 0 Å². The predicted octanol–water partition coefficient (Wildman–Crippen LogP) is 0.776. The standard InChI is InChI=1S/C12H18N2O3S/c1-17-11-8-9(4-5-10(11)13)12(15)14-6-3-7-18(2)16/h4-5,8H,3,6-7,13H2,1-2H3,(H,14,15). The maximum Gasteiger partial charge on any atom is 0.251 e. The van der Waals surface area contributed by atoms with Crippen LogP contribution in [0.2, 0.25) is 0 Å². The van der Waals surface area contributed by atoms with E-state index in [9.17, 15) is 9.00 Å². The van der Waals surface area contributed by atoms with Crippen molar-refractivity contribution in [3.8, 4) is 5.75 Å². The van der Waals surface area contributed by atoms with Crippen molar-refractivity contribution in [3.05, 3.63) is 23.8 Å². The number of carbonyl (C=O) groups is 1. The lowest BCUT2D eigenvalue weighted by molar-refractivity contribution is 0.0953. The van der Waals surface area contributed by atoms with Crippen LogP contribution in [0.4, 0.5) is 5.69 Å². The Morgan fingerprint density at radius 1 is 1.50 bits per heavy atom. The van der Waals surface area contributed by atoms with Gasteiger partial charge in [0.1, 0.15) is 5.75 Å². The van der Waals surface area contributed by atoms with Crippen LogP contribution in [0.3, 0.4) is 0 Å². The van der Waals surface area contributed by atoms with Gasteiger partial charge in [-0.25, -0.2) is 0 Å². The van der Waals surface area contributed by atoms with E-state index in [2.05, 4.69) is 5.32 Å². The minimum Gasteiger partial charge on any atom is -0.495 e. The Labute approximate surface area is 109 Å². The van der Waals surface area contributed by atoms with Crippen LogP contribution in [0.15, 0.2) is 18.2 Å². The Kier molecular flexibility index (Phi) is 5.64. The second-order valence-electron chi connectivity index (χ2n) is 3.84. The number of nitrogens with one attached hydrogen (secondary N) is 1. The number of hydrogen-bond acceptors (Lipinski definition) is 4. The maximum absolute atomic E-state index is 11.8. The molecule has 0 radical (unpaired) electrons. The van der Waals surface area contributed by atoms with E-state index in [-0.39, 0.29) is 5.91 Å². The highest BCUT2D eigenvalue weighted by Gasteiger charge is 2.08. The van der Waals surface area contributed by atoms with Gasteiger partial charge in [-0.2, -0.15) is 0 Å². The molecule has 1 atom stereocenters. The number of nitrogen functional groups attached to an aromatic ring is 1. The summed E-state index contributed by atoms with van der Waals surface area (Å²) >= 11 is 0. The minimum atomic E-state index is -0.821. The average Bonchev–Trinajstić information content (AvgIpc) is 2.34. The van der Waals surface area contributed by atoms with Crippen molar-refractivity contribution in [2.75, 3.05) is 31.4 Å². The quantitative estimate of drug-likeness (QED) is 0.591. The maximum atomic E-state index is 11.8. The summed E-state index contributed by atoms with van der Waals surface area (Å²) < 4.78 is 15.9. The van der Waals surface area contributed by atoms with Gasteiger partial charge in [-0.05, 0) is 24.6 Å². The monoisotopic (exact) mass is 270 g/mol. The Bertz CT molecular complexity index is 449. The number of nitrogens with two attached hydrogens (primary N) is 1. The van der Waals surface area contributed by atoms with Gasteiger partial charge in [0.2, 0.25) is 0 Å². The normalized spacial score (nSPS) is 11.9. The zero-order valence-electron chi connectivity index (χ0n) is 10.6. The fourth-order valence-electron chi connectivity index (χ4n) is 1.43. The van der Waals surface area contributed by atoms with Crippen molar-refractivity contribution in [3.63, 3.8) is 0 Å². The molecule has 0 heterocycles. The Morgan fingerprint density at radius 3 is 2.83 bits per heavy atom. The highest BCUT2D eigenvalue weighted by Crippen LogP contribution is 2.21. The summed E-state index contributed by atoms with van der Waals surface area (Å²) in [6, 6.07) is 4.88. The first kappa shape index (κ1) is 14.5. The molecule has 100 valence electrons. The van der Waals surface area contributed by atoms with Gasteiger partial charge in [-0.3, -0.25) is 9.00 Å². The molecule has 6 heteroatoms. The van der Waals surface area contributed by atoms with Crippen molar-refractivity contribution >= 4 is 22.4 Å². The van der Waals surface area contributed by atoms with Crippen molar-refractivity contribution in [1.29, 1.82) is 0 Å². The fraction of sp³-hybridized carbons (Fsp3) is 0.417. The van der Waals surface area contributed by atoms with Crippen molar-refractivity contribution in [2.24, 2.45) is 0 Å². The molecule has 5 nitrogen and oxygen atoms in total. The van der Waals surface area contributed by atoms with Gasteiger partial charge < -0.3 is 15.8 Å². The lowest BCUT2D eigenvalue weighted by atomic mass is 10.2. The number of anilines is 1. The third-order valence-corrected chi connectivity index (χ3v) is 3.25. The lowest BCUT2D eigenvalue weighted by Crippen LogP contribution is -2.25. The number of amides is 1.